The van der Waals surface area contributed by atoms with Gasteiger partial charge in [-0.1, -0.05) is 0 Å². The van der Waals surface area contributed by atoms with Crippen LogP contribution in [0.25, 0.3) is 11.6 Å². The van der Waals surface area contributed by atoms with Crippen LogP contribution in [0.1, 0.15) is 52.8 Å². The van der Waals surface area contributed by atoms with Crippen LogP contribution in [0.4, 0.5) is 20.2 Å². The second-order valence-electron chi connectivity index (χ2n) is 10.5. The van der Waals surface area contributed by atoms with Gasteiger partial charge in [0, 0.05) is 35.9 Å². The van der Waals surface area contributed by atoms with Gasteiger partial charge in [0.05, 0.1) is 35.7 Å². The molecule has 2 aromatic carbocycles. The van der Waals surface area contributed by atoms with Crippen LogP contribution in [-0.2, 0) is 18.0 Å². The number of carbonyl (C=O) groups excluding carboxylic acids is 2. The third-order valence-corrected chi connectivity index (χ3v) is 7.15. The van der Waals surface area contributed by atoms with E-state index in [2.05, 4.69) is 41.0 Å². The lowest BCUT2D eigenvalue weighted by atomic mass is 10.1. The molecule has 17 nitrogen and oxygen atoms in total. The van der Waals surface area contributed by atoms with Crippen molar-refractivity contribution in [1.29, 1.82) is 0 Å². The van der Waals surface area contributed by atoms with E-state index in [-0.39, 0.29) is 33.9 Å². The van der Waals surface area contributed by atoms with Crippen molar-refractivity contribution in [2.24, 2.45) is 0 Å². The number of carboxylic acids is 2. The summed E-state index contributed by atoms with van der Waals surface area (Å²) in [6, 6.07) is 9.11. The first kappa shape index (κ1) is 33.6. The molecule has 51 heavy (non-hydrogen) atoms. The summed E-state index contributed by atoms with van der Waals surface area (Å²) in [4.78, 5) is 57.2. The summed E-state index contributed by atoms with van der Waals surface area (Å²) in [5.74, 6) is -6.00. The van der Waals surface area contributed by atoms with Crippen molar-refractivity contribution < 1.29 is 42.9 Å². The number of halogens is 2. The van der Waals surface area contributed by atoms with Crippen molar-refractivity contribution >= 4 is 35.1 Å². The van der Waals surface area contributed by atoms with Crippen LogP contribution in [0.2, 0.25) is 0 Å². The third kappa shape index (κ3) is 7.57. The highest BCUT2D eigenvalue weighted by Crippen LogP contribution is 2.25. The maximum absolute atomic E-state index is 15.0. The molecule has 256 valence electrons. The van der Waals surface area contributed by atoms with E-state index in [1.54, 1.807) is 21.5 Å². The minimum absolute atomic E-state index is 0.168. The van der Waals surface area contributed by atoms with Gasteiger partial charge >= 0.3 is 11.9 Å². The Bertz CT molecular complexity index is 2090. The van der Waals surface area contributed by atoms with E-state index in [1.807, 2.05) is 0 Å². The monoisotopic (exact) mass is 696 g/mol. The van der Waals surface area contributed by atoms with Crippen LogP contribution < -0.4 is 10.6 Å². The predicted octanol–water partition coefficient (Wildman–Crippen LogP) is 3.53. The fraction of sp³-hybridized carbons (Fsp3) is 0.0625. The first-order chi connectivity index (χ1) is 24.6. The number of ether oxygens (including phenoxy) is 1. The Morgan fingerprint density at radius 1 is 0.647 bits per heavy atom. The molecule has 0 saturated carbocycles. The molecule has 4 heterocycles. The molecule has 6 aromatic rings. The molecule has 4 N–H and O–H groups in total. The van der Waals surface area contributed by atoms with Crippen molar-refractivity contribution in [3.05, 3.63) is 131 Å². The Morgan fingerprint density at radius 3 is 1.41 bits per heavy atom. The molecule has 19 heteroatoms. The topological polar surface area (TPSA) is 229 Å². The van der Waals surface area contributed by atoms with Gasteiger partial charge in [-0.25, -0.2) is 28.3 Å². The number of nitrogens with one attached hydrogen (secondary N) is 2. The molecule has 0 unspecified atom stereocenters. The molecule has 0 aliphatic heterocycles. The molecule has 0 fully saturated rings. The molecule has 0 atom stereocenters. The van der Waals surface area contributed by atoms with Crippen LogP contribution in [0, 0.1) is 11.6 Å². The number of nitrogens with zero attached hydrogens (tertiary/aromatic N) is 8. The van der Waals surface area contributed by atoms with E-state index in [1.165, 1.54) is 49.3 Å². The minimum atomic E-state index is -1.53. The van der Waals surface area contributed by atoms with Gasteiger partial charge in [0.1, 0.15) is 24.3 Å². The van der Waals surface area contributed by atoms with Gasteiger partial charge in [0.25, 0.3) is 11.8 Å². The standard InChI is InChI=1S/C32H22F2N10O7/c33-21-11-19(31(47)48)25(37-29(45)23-1-3-27(41-39-23)43-7-5-35-15-43)9-17(21)13-51-14-18-10-26(20(32(49)50)12-22(18)34)38-30(46)24-2-4-28(42-40-24)44-8-6-36-16-44/h1-12,15-16H,13-14H2,(H,37,45)(H,38,46)(H,47,48)(H,49,50). The fourth-order valence-corrected chi connectivity index (χ4v) is 4.62. The number of rotatable bonds is 12. The van der Waals surface area contributed by atoms with Crippen LogP contribution in [0.15, 0.2) is 86.0 Å². The second-order valence-corrected chi connectivity index (χ2v) is 10.5. The zero-order chi connectivity index (χ0) is 36.1. The molecule has 0 aliphatic rings. The number of aromatic carboxylic acids is 2. The Hall–Kier alpha value is -7.28. The first-order valence-corrected chi connectivity index (χ1v) is 14.5. The van der Waals surface area contributed by atoms with E-state index < -0.39 is 59.7 Å². The normalized spacial score (nSPS) is 10.9. The Morgan fingerprint density at radius 2 is 1.08 bits per heavy atom. The lowest BCUT2D eigenvalue weighted by Gasteiger charge is -2.14. The number of carbonyl (C=O) groups is 4. The van der Waals surface area contributed by atoms with Crippen molar-refractivity contribution in [1.82, 2.24) is 39.5 Å². The number of hydrogen-bond donors (Lipinski definition) is 4. The molecule has 0 radical (unpaired) electrons. The highest BCUT2D eigenvalue weighted by Gasteiger charge is 2.21. The zero-order valence-corrected chi connectivity index (χ0v) is 25.8. The van der Waals surface area contributed by atoms with Gasteiger partial charge < -0.3 is 25.6 Å². The molecule has 2 amide bonds. The molecule has 0 saturated heterocycles. The SMILES string of the molecule is O=C(Nc1cc(COCc2cc(NC(=O)c3ccc(-n4ccnc4)nn3)c(C(=O)O)cc2F)c(F)cc1C(=O)O)c1ccc(-n2ccnc2)nn1. The van der Waals surface area contributed by atoms with Gasteiger partial charge in [-0.3, -0.25) is 18.7 Å². The number of aromatic nitrogens is 8. The van der Waals surface area contributed by atoms with Crippen LogP contribution in [-0.4, -0.2) is 73.5 Å². The summed E-state index contributed by atoms with van der Waals surface area (Å²) in [6.45, 7) is -1.07. The summed E-state index contributed by atoms with van der Waals surface area (Å²) < 4.78 is 38.5. The summed E-state index contributed by atoms with van der Waals surface area (Å²) in [5, 5.41) is 39.6. The van der Waals surface area contributed by atoms with Crippen molar-refractivity contribution in [3.8, 4) is 11.6 Å². The maximum atomic E-state index is 15.0. The number of hydrogen-bond acceptors (Lipinski definition) is 11. The van der Waals surface area contributed by atoms with Gasteiger partial charge in [-0.2, -0.15) is 0 Å². The Balaban J connectivity index is 1.16. The third-order valence-electron chi connectivity index (χ3n) is 7.15. The van der Waals surface area contributed by atoms with E-state index in [4.69, 9.17) is 4.74 Å². The number of carboxylic acid groups (broad SMARTS) is 2. The first-order valence-electron chi connectivity index (χ1n) is 14.5. The van der Waals surface area contributed by atoms with Gasteiger partial charge in [-0.15, -0.1) is 20.4 Å². The van der Waals surface area contributed by atoms with E-state index in [9.17, 15) is 38.2 Å². The molecule has 6 rings (SSSR count). The average molecular weight is 697 g/mol. The predicted molar refractivity (Wildman–Crippen MR) is 169 cm³/mol. The van der Waals surface area contributed by atoms with Gasteiger partial charge in [-0.05, 0) is 48.5 Å². The zero-order valence-electron chi connectivity index (χ0n) is 25.8. The summed E-state index contributed by atoms with van der Waals surface area (Å²) in [6.07, 6.45) is 9.22. The summed E-state index contributed by atoms with van der Waals surface area (Å²) in [7, 11) is 0. The lowest BCUT2D eigenvalue weighted by molar-refractivity contribution is 0.0686. The average Bonchev–Trinajstić information content (AvgIpc) is 3.86. The number of anilines is 2. The van der Waals surface area contributed by atoms with Crippen molar-refractivity contribution in [2.45, 2.75) is 13.2 Å². The molecule has 0 bridgehead atoms. The molecular weight excluding hydrogens is 674 g/mol. The number of imidazole rings is 2. The molecule has 4 aromatic heterocycles. The fourth-order valence-electron chi connectivity index (χ4n) is 4.62. The second kappa shape index (κ2) is 14.5. The highest BCUT2D eigenvalue weighted by molar-refractivity contribution is 6.07. The van der Waals surface area contributed by atoms with E-state index in [0.29, 0.717) is 23.8 Å². The van der Waals surface area contributed by atoms with Crippen LogP contribution in [0.5, 0.6) is 0 Å². The summed E-state index contributed by atoms with van der Waals surface area (Å²) >= 11 is 0. The Kier molecular flexibility index (Phi) is 9.53. The quantitative estimate of drug-likeness (QED) is 0.144. The summed E-state index contributed by atoms with van der Waals surface area (Å²) in [5.41, 5.74) is -2.43. The smallest absolute Gasteiger partial charge is 0.337 e. The molecule has 0 aliphatic carbocycles. The maximum Gasteiger partial charge on any atom is 0.337 e. The Labute approximate surface area is 284 Å². The van der Waals surface area contributed by atoms with E-state index >= 15 is 0 Å². The number of amides is 2. The minimum Gasteiger partial charge on any atom is -0.478 e. The van der Waals surface area contributed by atoms with Crippen molar-refractivity contribution in [3.63, 3.8) is 0 Å². The van der Waals surface area contributed by atoms with Crippen molar-refractivity contribution in [2.75, 3.05) is 10.6 Å². The number of benzene rings is 2. The molecular formula is C32H22F2N10O7. The lowest BCUT2D eigenvalue weighted by Crippen LogP contribution is -2.18. The van der Waals surface area contributed by atoms with E-state index in [0.717, 1.165) is 12.1 Å². The highest BCUT2D eigenvalue weighted by atomic mass is 19.1. The molecule has 0 spiro atoms. The van der Waals surface area contributed by atoms with Gasteiger partial charge in [0.15, 0.2) is 23.0 Å². The van der Waals surface area contributed by atoms with Gasteiger partial charge in [0.2, 0.25) is 0 Å². The van der Waals surface area contributed by atoms with Crippen LogP contribution >= 0.6 is 0 Å². The largest absolute Gasteiger partial charge is 0.478 e. The van der Waals surface area contributed by atoms with Crippen LogP contribution in [0.3, 0.4) is 0 Å².